The van der Waals surface area contributed by atoms with Crippen LogP contribution in [-0.2, 0) is 21.3 Å². The van der Waals surface area contributed by atoms with Gasteiger partial charge in [-0.25, -0.2) is 0 Å². The highest BCUT2D eigenvalue weighted by molar-refractivity contribution is 7.85. The predicted octanol–water partition coefficient (Wildman–Crippen LogP) is 2.84. The number of aliphatic carboxylic acids is 1. The van der Waals surface area contributed by atoms with E-state index in [4.69, 9.17) is 16.7 Å². The Bertz CT molecular complexity index is 420. The Balaban J connectivity index is 2.77. The second-order valence-electron chi connectivity index (χ2n) is 3.73. The van der Waals surface area contributed by atoms with Crippen LogP contribution in [0.2, 0.25) is 5.02 Å². The molecule has 2 atom stereocenters. The van der Waals surface area contributed by atoms with Crippen LogP contribution in [0.1, 0.15) is 25.3 Å². The molecular formula is C12H15ClO3S. The smallest absolute Gasteiger partial charge is 0.319 e. The molecule has 2 unspecified atom stereocenters. The number of hydrogen-bond donors (Lipinski definition) is 1. The first-order valence-electron chi connectivity index (χ1n) is 5.39. The minimum Gasteiger partial charge on any atom is -0.480 e. The molecule has 0 saturated carbocycles. The molecule has 94 valence electrons. The van der Waals surface area contributed by atoms with Gasteiger partial charge in [0, 0.05) is 15.8 Å². The molecule has 0 aromatic heterocycles. The minimum absolute atomic E-state index is 0.191. The van der Waals surface area contributed by atoms with Crippen LogP contribution in [0.25, 0.3) is 0 Å². The Kier molecular flexibility index (Phi) is 5.65. The first-order chi connectivity index (χ1) is 8.06. The second-order valence-corrected chi connectivity index (χ2v) is 5.76. The van der Waals surface area contributed by atoms with E-state index in [0.29, 0.717) is 17.9 Å². The molecule has 0 bridgehead atoms. The number of hydrogen-bond acceptors (Lipinski definition) is 2. The standard InChI is InChI=1S/C12H15ClO3S/c1-2-5-11(12(14)15)17(16)8-9-6-3-4-7-10(9)13/h3-4,6-7,11H,2,5,8H2,1H3,(H,14,15). The zero-order chi connectivity index (χ0) is 12.8. The number of carbonyl (C=O) groups is 1. The van der Waals surface area contributed by atoms with E-state index in [9.17, 15) is 9.00 Å². The van der Waals surface area contributed by atoms with Crippen molar-refractivity contribution in [3.8, 4) is 0 Å². The van der Waals surface area contributed by atoms with Crippen molar-refractivity contribution in [1.82, 2.24) is 0 Å². The maximum Gasteiger partial charge on any atom is 0.319 e. The number of halogens is 1. The van der Waals surface area contributed by atoms with Crippen LogP contribution in [0.5, 0.6) is 0 Å². The van der Waals surface area contributed by atoms with Crippen LogP contribution in [0, 0.1) is 0 Å². The fourth-order valence-corrected chi connectivity index (χ4v) is 3.26. The van der Waals surface area contributed by atoms with Gasteiger partial charge in [-0.1, -0.05) is 43.1 Å². The molecule has 17 heavy (non-hydrogen) atoms. The van der Waals surface area contributed by atoms with Gasteiger partial charge >= 0.3 is 5.97 Å². The number of carboxylic acid groups (broad SMARTS) is 1. The molecule has 0 heterocycles. The van der Waals surface area contributed by atoms with E-state index in [-0.39, 0.29) is 5.75 Å². The van der Waals surface area contributed by atoms with Crippen molar-refractivity contribution < 1.29 is 14.1 Å². The average molecular weight is 275 g/mol. The molecule has 0 aliphatic heterocycles. The Labute approximate surface area is 108 Å². The summed E-state index contributed by atoms with van der Waals surface area (Å²) in [7, 11) is -1.43. The summed E-state index contributed by atoms with van der Waals surface area (Å²) in [5.74, 6) is -0.811. The zero-order valence-electron chi connectivity index (χ0n) is 9.56. The Morgan fingerprint density at radius 2 is 2.12 bits per heavy atom. The SMILES string of the molecule is CCCC(C(=O)O)S(=O)Cc1ccccc1Cl. The average Bonchev–Trinajstić information content (AvgIpc) is 2.28. The molecule has 0 saturated heterocycles. The molecule has 1 aromatic rings. The lowest BCUT2D eigenvalue weighted by Gasteiger charge is -2.11. The van der Waals surface area contributed by atoms with Gasteiger partial charge in [-0.15, -0.1) is 0 Å². The highest BCUT2D eigenvalue weighted by atomic mass is 35.5. The zero-order valence-corrected chi connectivity index (χ0v) is 11.1. The monoisotopic (exact) mass is 274 g/mol. The third-order valence-corrected chi connectivity index (χ3v) is 4.44. The molecule has 0 aliphatic rings. The van der Waals surface area contributed by atoms with E-state index in [1.165, 1.54) is 0 Å². The van der Waals surface area contributed by atoms with Gasteiger partial charge in [-0.2, -0.15) is 0 Å². The first-order valence-corrected chi connectivity index (χ1v) is 7.15. The van der Waals surface area contributed by atoms with Gasteiger partial charge in [0.1, 0.15) is 5.25 Å². The maximum absolute atomic E-state index is 12.0. The van der Waals surface area contributed by atoms with E-state index >= 15 is 0 Å². The van der Waals surface area contributed by atoms with Gasteiger partial charge in [-0.3, -0.25) is 9.00 Å². The molecule has 0 spiro atoms. The van der Waals surface area contributed by atoms with Crippen LogP contribution >= 0.6 is 11.6 Å². The van der Waals surface area contributed by atoms with Crippen LogP contribution in [0.3, 0.4) is 0 Å². The third kappa shape index (κ3) is 4.13. The second kappa shape index (κ2) is 6.77. The van der Waals surface area contributed by atoms with Crippen molar-refractivity contribution in [3.63, 3.8) is 0 Å². The summed E-state index contributed by atoms with van der Waals surface area (Å²) in [6.45, 7) is 1.88. The Morgan fingerprint density at radius 1 is 1.47 bits per heavy atom. The van der Waals surface area contributed by atoms with Crippen molar-refractivity contribution in [2.75, 3.05) is 0 Å². The highest BCUT2D eigenvalue weighted by Gasteiger charge is 2.24. The van der Waals surface area contributed by atoms with Gasteiger partial charge in [0.25, 0.3) is 0 Å². The van der Waals surface area contributed by atoms with Crippen molar-refractivity contribution in [3.05, 3.63) is 34.9 Å². The molecule has 0 aliphatic carbocycles. The molecule has 0 amide bonds. The lowest BCUT2D eigenvalue weighted by atomic mass is 10.2. The van der Waals surface area contributed by atoms with Crippen LogP contribution < -0.4 is 0 Å². The molecule has 5 heteroatoms. The third-order valence-electron chi connectivity index (χ3n) is 2.40. The van der Waals surface area contributed by atoms with Crippen molar-refractivity contribution in [1.29, 1.82) is 0 Å². The number of benzene rings is 1. The Morgan fingerprint density at radius 3 is 2.65 bits per heavy atom. The van der Waals surface area contributed by atoms with E-state index < -0.39 is 22.0 Å². The predicted molar refractivity (Wildman–Crippen MR) is 69.6 cm³/mol. The fourth-order valence-electron chi connectivity index (χ4n) is 1.50. The molecule has 1 aromatic carbocycles. The number of carboxylic acids is 1. The fraction of sp³-hybridized carbons (Fsp3) is 0.417. The summed E-state index contributed by atoms with van der Waals surface area (Å²) < 4.78 is 12.0. The van der Waals surface area contributed by atoms with Gasteiger partial charge < -0.3 is 5.11 Å². The van der Waals surface area contributed by atoms with E-state index in [0.717, 1.165) is 5.56 Å². The lowest BCUT2D eigenvalue weighted by Crippen LogP contribution is -2.26. The summed E-state index contributed by atoms with van der Waals surface area (Å²) in [6.07, 6.45) is 1.12. The lowest BCUT2D eigenvalue weighted by molar-refractivity contribution is -0.136. The summed E-state index contributed by atoms with van der Waals surface area (Å²) in [5, 5.41) is 8.72. The largest absolute Gasteiger partial charge is 0.480 e. The first kappa shape index (κ1) is 14.2. The minimum atomic E-state index is -1.43. The topological polar surface area (TPSA) is 54.4 Å². The van der Waals surface area contributed by atoms with E-state index in [2.05, 4.69) is 0 Å². The molecular weight excluding hydrogens is 260 g/mol. The normalized spacial score (nSPS) is 14.2. The summed E-state index contributed by atoms with van der Waals surface area (Å²) >= 11 is 5.95. The van der Waals surface area contributed by atoms with Crippen LogP contribution in [0.15, 0.2) is 24.3 Å². The molecule has 0 radical (unpaired) electrons. The van der Waals surface area contributed by atoms with Crippen LogP contribution in [-0.4, -0.2) is 20.5 Å². The molecule has 1 rings (SSSR count). The highest BCUT2D eigenvalue weighted by Crippen LogP contribution is 2.19. The Hall–Kier alpha value is -0.870. The van der Waals surface area contributed by atoms with Gasteiger partial charge in [-0.05, 0) is 18.1 Å². The van der Waals surface area contributed by atoms with Gasteiger partial charge in [0.15, 0.2) is 0 Å². The van der Waals surface area contributed by atoms with Crippen molar-refractivity contribution in [2.45, 2.75) is 30.8 Å². The van der Waals surface area contributed by atoms with E-state index in [1.807, 2.05) is 6.92 Å². The summed E-state index contributed by atoms with van der Waals surface area (Å²) in [6, 6.07) is 7.07. The van der Waals surface area contributed by atoms with Crippen LogP contribution in [0.4, 0.5) is 0 Å². The van der Waals surface area contributed by atoms with E-state index in [1.54, 1.807) is 24.3 Å². The number of rotatable bonds is 6. The molecule has 3 nitrogen and oxygen atoms in total. The maximum atomic E-state index is 12.0. The van der Waals surface area contributed by atoms with Gasteiger partial charge in [0.2, 0.25) is 0 Å². The molecule has 0 fully saturated rings. The van der Waals surface area contributed by atoms with Gasteiger partial charge in [0.05, 0.1) is 5.75 Å². The quantitative estimate of drug-likeness (QED) is 0.868. The summed E-state index contributed by atoms with van der Waals surface area (Å²) in [5.41, 5.74) is 0.731. The van der Waals surface area contributed by atoms with Crippen molar-refractivity contribution >= 4 is 28.4 Å². The molecule has 1 N–H and O–H groups in total. The van der Waals surface area contributed by atoms with Crippen molar-refractivity contribution in [2.24, 2.45) is 0 Å². The summed E-state index contributed by atoms with van der Waals surface area (Å²) in [4.78, 5) is 11.0.